The van der Waals surface area contributed by atoms with E-state index in [0.29, 0.717) is 5.69 Å². The fourth-order valence-corrected chi connectivity index (χ4v) is 2.94. The monoisotopic (exact) mass is 290 g/mol. The number of amides is 2. The summed E-state index contributed by atoms with van der Waals surface area (Å²) in [5.41, 5.74) is 1.64. The maximum atomic E-state index is 12.5. The zero-order chi connectivity index (χ0) is 15.6. The SMILES string of the molecule is Cc1cc(C(=O)O)ccc1NC(=O)N1C(C)CCCC1C. The highest BCUT2D eigenvalue weighted by molar-refractivity contribution is 5.93. The molecule has 114 valence electrons. The zero-order valence-electron chi connectivity index (χ0n) is 12.7. The molecule has 2 rings (SSSR count). The van der Waals surface area contributed by atoms with Crippen molar-refractivity contribution in [3.05, 3.63) is 29.3 Å². The van der Waals surface area contributed by atoms with Crippen LogP contribution in [0.2, 0.25) is 0 Å². The fraction of sp³-hybridized carbons (Fsp3) is 0.500. The Morgan fingerprint density at radius 3 is 2.38 bits per heavy atom. The maximum absolute atomic E-state index is 12.5. The number of anilines is 1. The number of aromatic carboxylic acids is 1. The van der Waals surface area contributed by atoms with Gasteiger partial charge in [-0.15, -0.1) is 0 Å². The summed E-state index contributed by atoms with van der Waals surface area (Å²) in [6, 6.07) is 5.07. The first-order valence-electron chi connectivity index (χ1n) is 7.33. The first-order valence-corrected chi connectivity index (χ1v) is 7.33. The standard InChI is InChI=1S/C16H22N2O3/c1-10-9-13(15(19)20)7-8-14(10)17-16(21)18-11(2)5-4-6-12(18)3/h7-9,11-12H,4-6H2,1-3H3,(H,17,21)(H,19,20). The molecule has 1 aliphatic heterocycles. The lowest BCUT2D eigenvalue weighted by atomic mass is 9.98. The van der Waals surface area contributed by atoms with Gasteiger partial charge in [-0.25, -0.2) is 9.59 Å². The molecule has 1 heterocycles. The number of hydrogen-bond acceptors (Lipinski definition) is 2. The van der Waals surface area contributed by atoms with Gasteiger partial charge in [-0.3, -0.25) is 0 Å². The van der Waals surface area contributed by atoms with Crippen LogP contribution in [0, 0.1) is 6.92 Å². The Balaban J connectivity index is 2.14. The molecule has 5 nitrogen and oxygen atoms in total. The number of carboxylic acid groups (broad SMARTS) is 1. The molecule has 1 fully saturated rings. The highest BCUT2D eigenvalue weighted by atomic mass is 16.4. The molecule has 1 aromatic carbocycles. The van der Waals surface area contributed by atoms with Crippen LogP contribution in [0.4, 0.5) is 10.5 Å². The highest BCUT2D eigenvalue weighted by Crippen LogP contribution is 2.24. The summed E-state index contributed by atoms with van der Waals surface area (Å²) in [5, 5.41) is 11.9. The fourth-order valence-electron chi connectivity index (χ4n) is 2.94. The predicted molar refractivity (Wildman–Crippen MR) is 81.8 cm³/mol. The topological polar surface area (TPSA) is 69.6 Å². The van der Waals surface area contributed by atoms with Gasteiger partial charge in [-0.05, 0) is 63.8 Å². The van der Waals surface area contributed by atoms with E-state index in [9.17, 15) is 9.59 Å². The highest BCUT2D eigenvalue weighted by Gasteiger charge is 2.29. The van der Waals surface area contributed by atoms with Gasteiger partial charge in [-0.1, -0.05) is 0 Å². The third kappa shape index (κ3) is 3.35. The van der Waals surface area contributed by atoms with Gasteiger partial charge in [0, 0.05) is 17.8 Å². The summed E-state index contributed by atoms with van der Waals surface area (Å²) in [5.74, 6) is -0.964. The van der Waals surface area contributed by atoms with Crippen LogP contribution in [0.15, 0.2) is 18.2 Å². The molecule has 0 spiro atoms. The molecule has 0 saturated carbocycles. The second-order valence-corrected chi connectivity index (χ2v) is 5.80. The second kappa shape index (κ2) is 6.16. The number of nitrogens with one attached hydrogen (secondary N) is 1. The Kier molecular flexibility index (Phi) is 4.50. The lowest BCUT2D eigenvalue weighted by Gasteiger charge is -2.39. The predicted octanol–water partition coefficient (Wildman–Crippen LogP) is 3.49. The van der Waals surface area contributed by atoms with Gasteiger partial charge in [0.2, 0.25) is 0 Å². The average Bonchev–Trinajstić information content (AvgIpc) is 2.40. The van der Waals surface area contributed by atoms with Gasteiger partial charge in [0.1, 0.15) is 0 Å². The van der Waals surface area contributed by atoms with E-state index in [1.54, 1.807) is 19.1 Å². The number of aryl methyl sites for hydroxylation is 1. The molecule has 1 aromatic rings. The quantitative estimate of drug-likeness (QED) is 0.876. The van der Waals surface area contributed by atoms with E-state index in [4.69, 9.17) is 5.11 Å². The van der Waals surface area contributed by atoms with Crippen molar-refractivity contribution >= 4 is 17.7 Å². The van der Waals surface area contributed by atoms with Gasteiger partial charge >= 0.3 is 12.0 Å². The number of benzene rings is 1. The minimum absolute atomic E-state index is 0.110. The molecule has 1 aliphatic rings. The number of carboxylic acids is 1. The summed E-state index contributed by atoms with van der Waals surface area (Å²) < 4.78 is 0. The number of hydrogen-bond donors (Lipinski definition) is 2. The summed E-state index contributed by atoms with van der Waals surface area (Å²) in [6.45, 7) is 5.93. The van der Waals surface area contributed by atoms with E-state index in [0.717, 1.165) is 24.8 Å². The molecule has 5 heteroatoms. The molecular formula is C16H22N2O3. The Morgan fingerprint density at radius 1 is 1.24 bits per heavy atom. The number of rotatable bonds is 2. The molecular weight excluding hydrogens is 268 g/mol. The van der Waals surface area contributed by atoms with Crippen molar-refractivity contribution in [1.82, 2.24) is 4.90 Å². The van der Waals surface area contributed by atoms with Crippen molar-refractivity contribution in [2.75, 3.05) is 5.32 Å². The molecule has 21 heavy (non-hydrogen) atoms. The molecule has 0 aliphatic carbocycles. The van der Waals surface area contributed by atoms with Crippen LogP contribution in [-0.2, 0) is 0 Å². The number of carbonyl (C=O) groups is 2. The van der Waals surface area contributed by atoms with Crippen LogP contribution < -0.4 is 5.32 Å². The smallest absolute Gasteiger partial charge is 0.335 e. The van der Waals surface area contributed by atoms with Crippen molar-refractivity contribution in [3.63, 3.8) is 0 Å². The summed E-state index contributed by atoms with van der Waals surface area (Å²) in [4.78, 5) is 25.3. The average molecular weight is 290 g/mol. The third-order valence-corrected chi connectivity index (χ3v) is 4.14. The van der Waals surface area contributed by atoms with Crippen LogP contribution >= 0.6 is 0 Å². The second-order valence-electron chi connectivity index (χ2n) is 5.80. The van der Waals surface area contributed by atoms with Crippen molar-refractivity contribution in [2.24, 2.45) is 0 Å². The number of carbonyl (C=O) groups excluding carboxylic acids is 1. The molecule has 2 atom stereocenters. The Morgan fingerprint density at radius 2 is 1.86 bits per heavy atom. The van der Waals surface area contributed by atoms with E-state index in [1.165, 1.54) is 6.07 Å². The minimum Gasteiger partial charge on any atom is -0.478 e. The number of likely N-dealkylation sites (tertiary alicyclic amines) is 1. The van der Waals surface area contributed by atoms with Crippen LogP contribution in [0.1, 0.15) is 49.0 Å². The van der Waals surface area contributed by atoms with Gasteiger partial charge in [0.25, 0.3) is 0 Å². The minimum atomic E-state index is -0.964. The van der Waals surface area contributed by atoms with E-state index >= 15 is 0 Å². The lowest BCUT2D eigenvalue weighted by Crippen LogP contribution is -2.49. The number of nitrogens with zero attached hydrogens (tertiary/aromatic N) is 1. The zero-order valence-corrected chi connectivity index (χ0v) is 12.7. The van der Waals surface area contributed by atoms with Crippen molar-refractivity contribution < 1.29 is 14.7 Å². The summed E-state index contributed by atoms with van der Waals surface area (Å²) in [6.07, 6.45) is 3.20. The van der Waals surface area contributed by atoms with Crippen molar-refractivity contribution in [1.29, 1.82) is 0 Å². The van der Waals surface area contributed by atoms with Gasteiger partial charge in [0.15, 0.2) is 0 Å². The van der Waals surface area contributed by atoms with Crippen LogP contribution in [-0.4, -0.2) is 34.1 Å². The van der Waals surface area contributed by atoms with Crippen LogP contribution in [0.5, 0.6) is 0 Å². The first-order chi connectivity index (χ1) is 9.90. The van der Waals surface area contributed by atoms with Crippen molar-refractivity contribution in [3.8, 4) is 0 Å². The Labute approximate surface area is 125 Å². The van der Waals surface area contributed by atoms with E-state index in [-0.39, 0.29) is 23.7 Å². The van der Waals surface area contributed by atoms with E-state index in [1.807, 2.05) is 4.90 Å². The van der Waals surface area contributed by atoms with Gasteiger partial charge in [0.05, 0.1) is 5.56 Å². The molecule has 2 amide bonds. The number of urea groups is 1. The van der Waals surface area contributed by atoms with E-state index in [2.05, 4.69) is 19.2 Å². The molecule has 0 bridgehead atoms. The van der Waals surface area contributed by atoms with Gasteiger partial charge < -0.3 is 15.3 Å². The molecule has 0 radical (unpaired) electrons. The summed E-state index contributed by atoms with van der Waals surface area (Å²) >= 11 is 0. The van der Waals surface area contributed by atoms with E-state index < -0.39 is 5.97 Å². The molecule has 0 aromatic heterocycles. The third-order valence-electron chi connectivity index (χ3n) is 4.14. The van der Waals surface area contributed by atoms with Crippen LogP contribution in [0.3, 0.4) is 0 Å². The van der Waals surface area contributed by atoms with Gasteiger partial charge in [-0.2, -0.15) is 0 Å². The maximum Gasteiger partial charge on any atom is 0.335 e. The molecule has 1 saturated heterocycles. The largest absolute Gasteiger partial charge is 0.478 e. The number of piperidine rings is 1. The lowest BCUT2D eigenvalue weighted by molar-refractivity contribution is 0.0696. The molecule has 2 unspecified atom stereocenters. The van der Waals surface area contributed by atoms with Crippen molar-refractivity contribution in [2.45, 2.75) is 52.1 Å². The first kappa shape index (κ1) is 15.4. The van der Waals surface area contributed by atoms with Crippen LogP contribution in [0.25, 0.3) is 0 Å². The Hall–Kier alpha value is -2.04. The Bertz CT molecular complexity index is 546. The summed E-state index contributed by atoms with van der Waals surface area (Å²) in [7, 11) is 0. The normalized spacial score (nSPS) is 22.0. The molecule has 2 N–H and O–H groups in total.